The fourth-order valence-electron chi connectivity index (χ4n) is 2.34. The van der Waals surface area contributed by atoms with E-state index in [1.54, 1.807) is 12.3 Å². The van der Waals surface area contributed by atoms with E-state index in [2.05, 4.69) is 10.3 Å². The van der Waals surface area contributed by atoms with Gasteiger partial charge in [0.1, 0.15) is 5.54 Å². The molecular formula is C13H16N2O3. The highest BCUT2D eigenvalue weighted by atomic mass is 16.4. The molecule has 0 unspecified atom stereocenters. The summed E-state index contributed by atoms with van der Waals surface area (Å²) in [4.78, 5) is 27.3. The molecule has 5 nitrogen and oxygen atoms in total. The second-order valence-corrected chi connectivity index (χ2v) is 4.80. The molecule has 0 saturated heterocycles. The summed E-state index contributed by atoms with van der Waals surface area (Å²) in [6, 6.07) is 1.70. The molecule has 1 heterocycles. The molecule has 1 aliphatic rings. The SMILES string of the molecule is Cc1cncc(C(=O)NC2(C(=O)O)CCCC2)c1. The summed E-state index contributed by atoms with van der Waals surface area (Å²) in [6.07, 6.45) is 5.75. The van der Waals surface area contributed by atoms with E-state index in [1.807, 2.05) is 6.92 Å². The van der Waals surface area contributed by atoms with Crippen molar-refractivity contribution >= 4 is 11.9 Å². The van der Waals surface area contributed by atoms with Crippen molar-refractivity contribution in [1.29, 1.82) is 0 Å². The average molecular weight is 248 g/mol. The van der Waals surface area contributed by atoms with Crippen molar-refractivity contribution in [1.82, 2.24) is 10.3 Å². The number of pyridine rings is 1. The molecule has 1 saturated carbocycles. The van der Waals surface area contributed by atoms with Gasteiger partial charge in [-0.3, -0.25) is 9.78 Å². The normalized spacial score (nSPS) is 17.4. The van der Waals surface area contributed by atoms with Crippen LogP contribution in [0.15, 0.2) is 18.5 Å². The zero-order chi connectivity index (χ0) is 13.2. The van der Waals surface area contributed by atoms with Gasteiger partial charge in [0.2, 0.25) is 0 Å². The van der Waals surface area contributed by atoms with Crippen LogP contribution in [0.3, 0.4) is 0 Å². The number of amides is 1. The zero-order valence-corrected chi connectivity index (χ0v) is 10.3. The number of carboxylic acid groups (broad SMARTS) is 1. The van der Waals surface area contributed by atoms with Gasteiger partial charge in [-0.2, -0.15) is 0 Å². The van der Waals surface area contributed by atoms with E-state index in [4.69, 9.17) is 0 Å². The maximum Gasteiger partial charge on any atom is 0.329 e. The van der Waals surface area contributed by atoms with Crippen molar-refractivity contribution in [3.8, 4) is 0 Å². The van der Waals surface area contributed by atoms with Crippen molar-refractivity contribution in [3.63, 3.8) is 0 Å². The first-order valence-corrected chi connectivity index (χ1v) is 6.01. The summed E-state index contributed by atoms with van der Waals surface area (Å²) in [7, 11) is 0. The number of aryl methyl sites for hydroxylation is 1. The van der Waals surface area contributed by atoms with Gasteiger partial charge in [-0.15, -0.1) is 0 Å². The molecule has 2 N–H and O–H groups in total. The molecule has 0 radical (unpaired) electrons. The van der Waals surface area contributed by atoms with E-state index in [-0.39, 0.29) is 5.91 Å². The fourth-order valence-corrected chi connectivity index (χ4v) is 2.34. The first kappa shape index (κ1) is 12.5. The van der Waals surface area contributed by atoms with Gasteiger partial charge in [0.05, 0.1) is 5.56 Å². The molecule has 1 aliphatic carbocycles. The lowest BCUT2D eigenvalue weighted by Gasteiger charge is -2.25. The van der Waals surface area contributed by atoms with E-state index >= 15 is 0 Å². The van der Waals surface area contributed by atoms with E-state index < -0.39 is 11.5 Å². The number of rotatable bonds is 3. The third-order valence-electron chi connectivity index (χ3n) is 3.36. The second-order valence-electron chi connectivity index (χ2n) is 4.80. The maximum atomic E-state index is 12.0. The summed E-state index contributed by atoms with van der Waals surface area (Å²) in [5.41, 5.74) is 0.182. The predicted molar refractivity (Wildman–Crippen MR) is 65.3 cm³/mol. The number of aliphatic carboxylic acids is 1. The lowest BCUT2D eigenvalue weighted by atomic mass is 9.97. The van der Waals surface area contributed by atoms with Crippen LogP contribution in [-0.4, -0.2) is 27.5 Å². The van der Waals surface area contributed by atoms with Crippen molar-refractivity contribution in [3.05, 3.63) is 29.6 Å². The van der Waals surface area contributed by atoms with Crippen molar-refractivity contribution in [2.45, 2.75) is 38.1 Å². The monoisotopic (exact) mass is 248 g/mol. The molecule has 0 aromatic carbocycles. The molecule has 18 heavy (non-hydrogen) atoms. The Labute approximate surface area is 105 Å². The van der Waals surface area contributed by atoms with Crippen LogP contribution >= 0.6 is 0 Å². The van der Waals surface area contributed by atoms with E-state index in [0.29, 0.717) is 18.4 Å². The van der Waals surface area contributed by atoms with Crippen molar-refractivity contribution < 1.29 is 14.7 Å². The van der Waals surface area contributed by atoms with Crippen LogP contribution < -0.4 is 5.32 Å². The Kier molecular flexibility index (Phi) is 3.32. The quantitative estimate of drug-likeness (QED) is 0.850. The van der Waals surface area contributed by atoms with E-state index in [1.165, 1.54) is 6.20 Å². The number of carbonyl (C=O) groups is 2. The fraction of sp³-hybridized carbons (Fsp3) is 0.462. The lowest BCUT2D eigenvalue weighted by molar-refractivity contribution is -0.144. The molecular weight excluding hydrogens is 232 g/mol. The summed E-state index contributed by atoms with van der Waals surface area (Å²) in [5.74, 6) is -1.32. The van der Waals surface area contributed by atoms with Gasteiger partial charge in [-0.25, -0.2) is 4.79 Å². The molecule has 0 aliphatic heterocycles. The van der Waals surface area contributed by atoms with Crippen LogP contribution in [0.4, 0.5) is 0 Å². The van der Waals surface area contributed by atoms with Gasteiger partial charge in [0, 0.05) is 12.4 Å². The van der Waals surface area contributed by atoms with Crippen LogP contribution in [0.5, 0.6) is 0 Å². The molecule has 0 bridgehead atoms. The number of nitrogens with zero attached hydrogens (tertiary/aromatic N) is 1. The summed E-state index contributed by atoms with van der Waals surface area (Å²) in [6.45, 7) is 1.84. The topological polar surface area (TPSA) is 79.3 Å². The van der Waals surface area contributed by atoms with Crippen LogP contribution in [0.2, 0.25) is 0 Å². The highest BCUT2D eigenvalue weighted by molar-refractivity contribution is 5.97. The largest absolute Gasteiger partial charge is 0.480 e. The van der Waals surface area contributed by atoms with Gasteiger partial charge in [-0.05, 0) is 31.4 Å². The van der Waals surface area contributed by atoms with Crippen LogP contribution in [0.25, 0.3) is 0 Å². The van der Waals surface area contributed by atoms with Gasteiger partial charge in [-0.1, -0.05) is 12.8 Å². The van der Waals surface area contributed by atoms with Crippen LogP contribution in [0, 0.1) is 6.92 Å². The molecule has 96 valence electrons. The smallest absolute Gasteiger partial charge is 0.329 e. The third kappa shape index (κ3) is 2.34. The molecule has 1 amide bonds. The van der Waals surface area contributed by atoms with Gasteiger partial charge < -0.3 is 10.4 Å². The minimum absolute atomic E-state index is 0.365. The summed E-state index contributed by atoms with van der Waals surface area (Å²) >= 11 is 0. The van der Waals surface area contributed by atoms with E-state index in [9.17, 15) is 14.7 Å². The van der Waals surface area contributed by atoms with Crippen LogP contribution in [0.1, 0.15) is 41.6 Å². The molecule has 5 heteroatoms. The number of hydrogen-bond acceptors (Lipinski definition) is 3. The van der Waals surface area contributed by atoms with Crippen molar-refractivity contribution in [2.75, 3.05) is 0 Å². The zero-order valence-electron chi connectivity index (χ0n) is 10.3. The number of aromatic nitrogens is 1. The van der Waals surface area contributed by atoms with Gasteiger partial charge >= 0.3 is 5.97 Å². The summed E-state index contributed by atoms with van der Waals surface area (Å²) < 4.78 is 0. The second kappa shape index (κ2) is 4.76. The third-order valence-corrected chi connectivity index (χ3v) is 3.36. The lowest BCUT2D eigenvalue weighted by Crippen LogP contribution is -2.52. The first-order valence-electron chi connectivity index (χ1n) is 6.01. The first-order chi connectivity index (χ1) is 8.53. The minimum Gasteiger partial charge on any atom is -0.480 e. The highest BCUT2D eigenvalue weighted by Crippen LogP contribution is 2.30. The maximum absolute atomic E-state index is 12.0. The Morgan fingerprint density at radius 2 is 2.00 bits per heavy atom. The predicted octanol–water partition coefficient (Wildman–Crippen LogP) is 1.52. The van der Waals surface area contributed by atoms with Gasteiger partial charge in [0.25, 0.3) is 5.91 Å². The molecule has 0 spiro atoms. The van der Waals surface area contributed by atoms with E-state index in [0.717, 1.165) is 18.4 Å². The van der Waals surface area contributed by atoms with Crippen molar-refractivity contribution in [2.24, 2.45) is 0 Å². The number of hydrogen-bond donors (Lipinski definition) is 2. The molecule has 1 fully saturated rings. The Balaban J connectivity index is 2.18. The Morgan fingerprint density at radius 1 is 1.33 bits per heavy atom. The van der Waals surface area contributed by atoms with Crippen LogP contribution in [-0.2, 0) is 4.79 Å². The minimum atomic E-state index is -1.10. The molecule has 0 atom stereocenters. The molecule has 1 aromatic heterocycles. The average Bonchev–Trinajstić information content (AvgIpc) is 2.79. The standard InChI is InChI=1S/C13H16N2O3/c1-9-6-10(8-14-7-9)11(16)15-13(12(17)18)4-2-3-5-13/h6-8H,2-5H2,1H3,(H,15,16)(H,17,18). The van der Waals surface area contributed by atoms with Gasteiger partial charge in [0.15, 0.2) is 0 Å². The highest BCUT2D eigenvalue weighted by Gasteiger charge is 2.42. The Bertz CT molecular complexity index is 479. The number of carbonyl (C=O) groups excluding carboxylic acids is 1. The summed E-state index contributed by atoms with van der Waals surface area (Å²) in [5, 5.41) is 11.9. The Hall–Kier alpha value is -1.91. The number of nitrogens with one attached hydrogen (secondary N) is 1. The molecule has 1 aromatic rings. The molecule has 2 rings (SSSR count). The Morgan fingerprint density at radius 3 is 2.56 bits per heavy atom. The number of carboxylic acids is 1.